The van der Waals surface area contributed by atoms with Crippen molar-refractivity contribution < 1.29 is 8.42 Å². The first-order valence-electron chi connectivity index (χ1n) is 18.8. The number of rotatable bonds is 4. The molecule has 2 aromatic heterocycles. The molecule has 2 atom stereocenters. The van der Waals surface area contributed by atoms with Gasteiger partial charge in [-0.15, -0.1) is 0 Å². The standard InChI is InChI=1S/C22H25Br2ClN2O2S.C19H19Br2ClN2/c1-13(2)30(28,29)27-7-5-14(6-8-27)21-20-15(10-18(25)11-19(20)24)3-4-16-9-17(23)12-26-22(16)21;20-14-7-13-2-1-12-8-15(22)9-16(21)17(12)18(19(13)24-10-14)11-3-5-23-6-4-11/h9-14,21H,3-8H2,1-2H3;7-11,18,23H,1-6H2. The summed E-state index contributed by atoms with van der Waals surface area (Å²) in [7, 11) is -3.22. The minimum atomic E-state index is -3.22. The van der Waals surface area contributed by atoms with Crippen molar-refractivity contribution in [3.8, 4) is 0 Å². The second-order valence-electron chi connectivity index (χ2n) is 15.2. The largest absolute Gasteiger partial charge is 0.317 e. The number of hydrogen-bond donors (Lipinski definition) is 1. The van der Waals surface area contributed by atoms with Crippen molar-refractivity contribution in [1.82, 2.24) is 19.6 Å². The van der Waals surface area contributed by atoms with Gasteiger partial charge in [0.15, 0.2) is 0 Å². The maximum Gasteiger partial charge on any atom is 0.216 e. The lowest BCUT2D eigenvalue weighted by Gasteiger charge is -2.37. The molecule has 2 aromatic carbocycles. The Bertz CT molecular complexity index is 2140. The number of sulfonamides is 1. The van der Waals surface area contributed by atoms with Gasteiger partial charge in [-0.05, 0) is 192 Å². The highest BCUT2D eigenvalue weighted by molar-refractivity contribution is 9.11. The molecule has 0 radical (unpaired) electrons. The van der Waals surface area contributed by atoms with Crippen LogP contribution in [0.1, 0.15) is 96.1 Å². The van der Waals surface area contributed by atoms with Crippen LogP contribution < -0.4 is 5.32 Å². The topological polar surface area (TPSA) is 75.2 Å². The Morgan fingerprint density at radius 1 is 0.667 bits per heavy atom. The van der Waals surface area contributed by atoms with E-state index in [1.807, 2.05) is 24.5 Å². The number of piperidine rings is 2. The van der Waals surface area contributed by atoms with Gasteiger partial charge in [-0.3, -0.25) is 9.97 Å². The average molecular weight is 1050 g/mol. The van der Waals surface area contributed by atoms with Crippen LogP contribution in [0.3, 0.4) is 0 Å². The van der Waals surface area contributed by atoms with Crippen molar-refractivity contribution in [2.45, 2.75) is 82.3 Å². The summed E-state index contributed by atoms with van der Waals surface area (Å²) in [5.74, 6) is 1.42. The summed E-state index contributed by atoms with van der Waals surface area (Å²) in [5, 5.41) is 4.65. The number of fused-ring (bicyclic) bond motifs is 4. The zero-order valence-electron chi connectivity index (χ0n) is 30.3. The summed E-state index contributed by atoms with van der Waals surface area (Å²) < 4.78 is 31.1. The molecule has 2 saturated heterocycles. The quantitative estimate of drug-likeness (QED) is 0.220. The lowest BCUT2D eigenvalue weighted by Crippen LogP contribution is -2.43. The van der Waals surface area contributed by atoms with Crippen molar-refractivity contribution >= 4 is 96.9 Å². The molecular formula is C41H44Br4Cl2N4O2S. The third-order valence-corrected chi connectivity index (χ3v) is 16.5. The normalized spacial score (nSPS) is 20.8. The Hall–Kier alpha value is -0.890. The lowest BCUT2D eigenvalue weighted by molar-refractivity contribution is 0.253. The van der Waals surface area contributed by atoms with E-state index in [0.29, 0.717) is 30.8 Å². The molecule has 2 fully saturated rings. The number of aryl methyl sites for hydroxylation is 4. The molecule has 288 valence electrons. The van der Waals surface area contributed by atoms with Gasteiger partial charge in [0.25, 0.3) is 0 Å². The van der Waals surface area contributed by atoms with Crippen molar-refractivity contribution in [1.29, 1.82) is 0 Å². The van der Waals surface area contributed by atoms with Crippen LogP contribution in [0.5, 0.6) is 0 Å². The Morgan fingerprint density at radius 3 is 1.54 bits per heavy atom. The predicted octanol–water partition coefficient (Wildman–Crippen LogP) is 11.4. The zero-order valence-corrected chi connectivity index (χ0v) is 39.0. The third-order valence-electron chi connectivity index (χ3n) is 11.6. The highest BCUT2D eigenvalue weighted by Gasteiger charge is 2.38. The van der Waals surface area contributed by atoms with Crippen LogP contribution in [0, 0.1) is 11.8 Å². The lowest BCUT2D eigenvalue weighted by atomic mass is 9.77. The van der Waals surface area contributed by atoms with E-state index >= 15 is 0 Å². The summed E-state index contributed by atoms with van der Waals surface area (Å²) in [6.07, 6.45) is 11.7. The van der Waals surface area contributed by atoms with E-state index in [4.69, 9.17) is 33.2 Å². The molecule has 0 spiro atoms. The third kappa shape index (κ3) is 8.75. The fourth-order valence-corrected chi connectivity index (χ4v) is 13.3. The molecule has 2 aliphatic carbocycles. The minimum absolute atomic E-state index is 0.126. The van der Waals surface area contributed by atoms with E-state index in [-0.39, 0.29) is 11.2 Å². The molecule has 0 bridgehead atoms. The Balaban J connectivity index is 0.000000171. The zero-order chi connectivity index (χ0) is 38.3. The van der Waals surface area contributed by atoms with E-state index < -0.39 is 10.0 Å². The van der Waals surface area contributed by atoms with Gasteiger partial charge >= 0.3 is 0 Å². The number of aromatic nitrogens is 2. The Morgan fingerprint density at radius 2 is 1.09 bits per heavy atom. The van der Waals surface area contributed by atoms with Crippen molar-refractivity contribution in [2.24, 2.45) is 11.8 Å². The van der Waals surface area contributed by atoms with Gasteiger partial charge < -0.3 is 5.32 Å². The van der Waals surface area contributed by atoms with Gasteiger partial charge in [-0.1, -0.05) is 55.1 Å². The maximum atomic E-state index is 12.6. The molecular weight excluding hydrogens is 1000 g/mol. The van der Waals surface area contributed by atoms with Crippen molar-refractivity contribution in [2.75, 3.05) is 26.2 Å². The van der Waals surface area contributed by atoms with Crippen LogP contribution >= 0.6 is 86.9 Å². The monoisotopic (exact) mass is 1040 g/mol. The van der Waals surface area contributed by atoms with Crippen LogP contribution in [-0.2, 0) is 35.7 Å². The van der Waals surface area contributed by atoms with E-state index in [0.717, 1.165) is 85.2 Å². The smallest absolute Gasteiger partial charge is 0.216 e. The fourth-order valence-electron chi connectivity index (χ4n) is 9.00. The van der Waals surface area contributed by atoms with Gasteiger partial charge in [0.05, 0.1) is 16.6 Å². The van der Waals surface area contributed by atoms with Gasteiger partial charge in [-0.2, -0.15) is 0 Å². The van der Waals surface area contributed by atoms with Gasteiger partial charge in [0, 0.05) is 65.3 Å². The van der Waals surface area contributed by atoms with Crippen LogP contribution in [0.4, 0.5) is 0 Å². The first kappa shape index (κ1) is 41.3. The Kier molecular flexibility index (Phi) is 13.4. The van der Waals surface area contributed by atoms with Gasteiger partial charge in [0.2, 0.25) is 10.0 Å². The van der Waals surface area contributed by atoms with Crippen LogP contribution in [0.2, 0.25) is 10.0 Å². The first-order valence-corrected chi connectivity index (χ1v) is 24.2. The van der Waals surface area contributed by atoms with Gasteiger partial charge in [-0.25, -0.2) is 12.7 Å². The predicted molar refractivity (Wildman–Crippen MR) is 235 cm³/mol. The summed E-state index contributed by atoms with van der Waals surface area (Å²) in [5.41, 5.74) is 10.3. The molecule has 8 rings (SSSR count). The van der Waals surface area contributed by atoms with Crippen LogP contribution in [-0.4, -0.2) is 54.1 Å². The van der Waals surface area contributed by atoms with E-state index in [1.54, 1.807) is 18.2 Å². The number of benzene rings is 2. The summed E-state index contributed by atoms with van der Waals surface area (Å²) >= 11 is 27.5. The maximum absolute atomic E-state index is 12.6. The average Bonchev–Trinajstić information content (AvgIpc) is 3.40. The minimum Gasteiger partial charge on any atom is -0.317 e. The van der Waals surface area contributed by atoms with E-state index in [2.05, 4.69) is 93.3 Å². The molecule has 13 heteroatoms. The highest BCUT2D eigenvalue weighted by Crippen LogP contribution is 2.48. The van der Waals surface area contributed by atoms with Crippen molar-refractivity contribution in [3.05, 3.63) is 121 Å². The summed E-state index contributed by atoms with van der Waals surface area (Å²) in [6.45, 7) is 6.81. The van der Waals surface area contributed by atoms with E-state index in [9.17, 15) is 8.42 Å². The number of hydrogen-bond acceptors (Lipinski definition) is 5. The number of nitrogens with one attached hydrogen (secondary N) is 1. The summed E-state index contributed by atoms with van der Waals surface area (Å²) in [6, 6.07) is 12.7. The molecule has 0 amide bonds. The molecule has 4 heterocycles. The van der Waals surface area contributed by atoms with Crippen LogP contribution in [0.15, 0.2) is 66.7 Å². The molecule has 2 unspecified atom stereocenters. The molecule has 1 N–H and O–H groups in total. The van der Waals surface area contributed by atoms with Crippen LogP contribution in [0.25, 0.3) is 0 Å². The number of halogens is 6. The van der Waals surface area contributed by atoms with Crippen molar-refractivity contribution in [3.63, 3.8) is 0 Å². The molecule has 6 nitrogen and oxygen atoms in total. The molecule has 4 aromatic rings. The SMILES string of the molecule is CC(C)S(=O)(=O)N1CCC(C2c3ncc(Br)cc3CCc3cc(Cl)cc(Br)c32)CC1.Clc1cc(Br)c2c(c1)CCc1cc(Br)cnc1C2C1CCNCC1. The highest BCUT2D eigenvalue weighted by atomic mass is 79.9. The Labute approximate surface area is 363 Å². The van der Waals surface area contributed by atoms with Gasteiger partial charge in [0.1, 0.15) is 0 Å². The first-order chi connectivity index (χ1) is 25.8. The fraction of sp³-hybridized carbons (Fsp3) is 0.463. The van der Waals surface area contributed by atoms with E-state index in [1.165, 1.54) is 51.9 Å². The second-order valence-corrected chi connectivity index (χ2v) is 22.1. The molecule has 54 heavy (non-hydrogen) atoms. The molecule has 2 aliphatic heterocycles. The number of nitrogens with zero attached hydrogens (tertiary/aromatic N) is 3. The summed E-state index contributed by atoms with van der Waals surface area (Å²) in [4.78, 5) is 9.74. The number of pyridine rings is 2. The molecule has 4 aliphatic rings. The second kappa shape index (κ2) is 17.5. The molecule has 0 saturated carbocycles.